The van der Waals surface area contributed by atoms with Crippen molar-refractivity contribution in [2.45, 2.75) is 71.6 Å². The van der Waals surface area contributed by atoms with Crippen molar-refractivity contribution in [3.8, 4) is 5.75 Å². The summed E-state index contributed by atoms with van der Waals surface area (Å²) in [6.45, 7) is 4.27. The summed E-state index contributed by atoms with van der Waals surface area (Å²) in [4.78, 5) is 22.3. The lowest BCUT2D eigenvalue weighted by molar-refractivity contribution is -0.148. The molecular weight excluding hydrogens is 292 g/mol. The predicted octanol–water partition coefficient (Wildman–Crippen LogP) is 4.05. The zero-order valence-electron chi connectivity index (χ0n) is 14.2. The summed E-state index contributed by atoms with van der Waals surface area (Å²) in [6, 6.07) is 3.80. The van der Waals surface area contributed by atoms with Gasteiger partial charge in [-0.1, -0.05) is 51.7 Å². The van der Waals surface area contributed by atoms with Gasteiger partial charge in [0.2, 0.25) is 5.78 Å². The molecule has 0 saturated heterocycles. The molecule has 2 N–H and O–H groups in total. The van der Waals surface area contributed by atoms with E-state index in [-0.39, 0.29) is 12.2 Å². The van der Waals surface area contributed by atoms with Gasteiger partial charge in [-0.3, -0.25) is 4.79 Å². The maximum absolute atomic E-state index is 11.5. The van der Waals surface area contributed by atoms with Crippen LogP contribution in [0.3, 0.4) is 0 Å². The van der Waals surface area contributed by atoms with Gasteiger partial charge in [0.25, 0.3) is 0 Å². The summed E-state index contributed by atoms with van der Waals surface area (Å²) in [5.41, 5.74) is 2.36. The summed E-state index contributed by atoms with van der Waals surface area (Å²) in [5.74, 6) is -2.24. The summed E-state index contributed by atoms with van der Waals surface area (Å²) >= 11 is 0. The Morgan fingerprint density at radius 3 is 2.04 bits per heavy atom. The van der Waals surface area contributed by atoms with E-state index in [0.717, 1.165) is 62.5 Å². The number of rotatable bonds is 11. The van der Waals surface area contributed by atoms with Crippen LogP contribution in [0.2, 0.25) is 0 Å². The van der Waals surface area contributed by atoms with E-state index in [1.807, 2.05) is 6.07 Å². The number of carbonyl (C=O) groups excluding carboxylic acids is 1. The minimum Gasteiger partial charge on any atom is -0.507 e. The fourth-order valence-electron chi connectivity index (χ4n) is 2.70. The summed E-state index contributed by atoms with van der Waals surface area (Å²) in [6.07, 6.45) is 7.89. The highest BCUT2D eigenvalue weighted by Gasteiger charge is 2.17. The van der Waals surface area contributed by atoms with Gasteiger partial charge in [-0.15, -0.1) is 0 Å². The molecule has 0 aliphatic rings. The number of Topliss-reactive ketones (excluding diaryl/α,β-unsaturated/α-hetero) is 1. The first-order valence-corrected chi connectivity index (χ1v) is 8.59. The molecule has 0 aliphatic carbocycles. The molecule has 1 rings (SSSR count). The second-order valence-electron chi connectivity index (χ2n) is 6.08. The number of aryl methyl sites for hydroxylation is 2. The first kappa shape index (κ1) is 19.2. The van der Waals surface area contributed by atoms with Crippen LogP contribution in [-0.4, -0.2) is 22.0 Å². The van der Waals surface area contributed by atoms with Crippen LogP contribution < -0.4 is 0 Å². The maximum Gasteiger partial charge on any atom is 0.372 e. The van der Waals surface area contributed by atoms with Gasteiger partial charge in [-0.2, -0.15) is 0 Å². The van der Waals surface area contributed by atoms with E-state index in [4.69, 9.17) is 5.11 Å². The number of aliphatic carboxylic acids is 1. The SMILES string of the molecule is CCCCCc1cc(CCCCC)c(O)c(CC(=O)C(=O)O)c1. The van der Waals surface area contributed by atoms with Crippen LogP contribution in [-0.2, 0) is 28.9 Å². The number of aromatic hydroxyl groups is 1. The summed E-state index contributed by atoms with van der Waals surface area (Å²) < 4.78 is 0. The standard InChI is InChI=1S/C19H28O4/c1-3-5-7-9-14-11-15(10-8-6-4-2)18(21)16(12-14)13-17(20)19(22)23/h11-12,21H,3-10,13H2,1-2H3,(H,22,23). The molecule has 0 fully saturated rings. The molecule has 0 unspecified atom stereocenters. The normalized spacial score (nSPS) is 10.7. The molecule has 1 aromatic rings. The second kappa shape index (κ2) is 10.0. The third-order valence-corrected chi connectivity index (χ3v) is 4.04. The molecule has 0 bridgehead atoms. The Kier molecular flexibility index (Phi) is 8.38. The number of phenols is 1. The number of hydrogen-bond acceptors (Lipinski definition) is 3. The van der Waals surface area contributed by atoms with Gasteiger partial charge in [-0.05, 0) is 36.8 Å². The molecule has 0 aromatic heterocycles. The van der Waals surface area contributed by atoms with Crippen molar-refractivity contribution in [2.75, 3.05) is 0 Å². The highest BCUT2D eigenvalue weighted by molar-refractivity contribution is 6.33. The zero-order chi connectivity index (χ0) is 17.2. The highest BCUT2D eigenvalue weighted by Crippen LogP contribution is 2.28. The number of benzene rings is 1. The smallest absolute Gasteiger partial charge is 0.372 e. The van der Waals surface area contributed by atoms with Crippen molar-refractivity contribution in [3.63, 3.8) is 0 Å². The molecular formula is C19H28O4. The summed E-state index contributed by atoms with van der Waals surface area (Å²) in [7, 11) is 0. The molecule has 4 nitrogen and oxygen atoms in total. The molecule has 0 radical (unpaired) electrons. The third-order valence-electron chi connectivity index (χ3n) is 4.04. The number of carboxylic acids is 1. The van der Waals surface area contributed by atoms with E-state index in [1.165, 1.54) is 0 Å². The lowest BCUT2D eigenvalue weighted by Crippen LogP contribution is -2.15. The van der Waals surface area contributed by atoms with E-state index in [1.54, 1.807) is 6.07 Å². The number of carboxylic acid groups (broad SMARTS) is 1. The molecule has 0 saturated carbocycles. The molecule has 0 amide bonds. The van der Waals surface area contributed by atoms with Crippen LogP contribution in [0, 0.1) is 0 Å². The van der Waals surface area contributed by atoms with Crippen molar-refractivity contribution in [1.82, 2.24) is 0 Å². The van der Waals surface area contributed by atoms with Gasteiger partial charge in [-0.25, -0.2) is 4.79 Å². The van der Waals surface area contributed by atoms with Crippen LogP contribution in [0.25, 0.3) is 0 Å². The molecule has 23 heavy (non-hydrogen) atoms. The van der Waals surface area contributed by atoms with Crippen LogP contribution in [0.1, 0.15) is 69.1 Å². The van der Waals surface area contributed by atoms with Crippen molar-refractivity contribution in [2.24, 2.45) is 0 Å². The second-order valence-corrected chi connectivity index (χ2v) is 6.08. The Morgan fingerprint density at radius 2 is 1.48 bits per heavy atom. The fourth-order valence-corrected chi connectivity index (χ4v) is 2.70. The monoisotopic (exact) mass is 320 g/mol. The fraction of sp³-hybridized carbons (Fsp3) is 0.579. The van der Waals surface area contributed by atoms with E-state index < -0.39 is 11.8 Å². The first-order valence-electron chi connectivity index (χ1n) is 8.59. The van der Waals surface area contributed by atoms with Crippen LogP contribution in [0.5, 0.6) is 5.75 Å². The largest absolute Gasteiger partial charge is 0.507 e. The van der Waals surface area contributed by atoms with Crippen molar-refractivity contribution >= 4 is 11.8 Å². The van der Waals surface area contributed by atoms with E-state index >= 15 is 0 Å². The Bertz CT molecular complexity index is 534. The summed E-state index contributed by atoms with van der Waals surface area (Å²) in [5, 5.41) is 19.2. The van der Waals surface area contributed by atoms with Crippen molar-refractivity contribution < 1.29 is 19.8 Å². The Morgan fingerprint density at radius 1 is 0.913 bits per heavy atom. The third kappa shape index (κ3) is 6.43. The predicted molar refractivity (Wildman–Crippen MR) is 90.9 cm³/mol. The molecule has 0 atom stereocenters. The number of unbranched alkanes of at least 4 members (excludes halogenated alkanes) is 4. The van der Waals surface area contributed by atoms with Gasteiger partial charge in [0.05, 0.1) is 0 Å². The Balaban J connectivity index is 2.99. The zero-order valence-corrected chi connectivity index (χ0v) is 14.2. The van der Waals surface area contributed by atoms with Gasteiger partial charge in [0.1, 0.15) is 5.75 Å². The molecule has 0 spiro atoms. The average molecular weight is 320 g/mol. The van der Waals surface area contributed by atoms with E-state index in [9.17, 15) is 14.7 Å². The Labute approximate surface area is 138 Å². The highest BCUT2D eigenvalue weighted by atomic mass is 16.4. The van der Waals surface area contributed by atoms with E-state index in [2.05, 4.69) is 13.8 Å². The van der Waals surface area contributed by atoms with Crippen LogP contribution in [0.15, 0.2) is 12.1 Å². The van der Waals surface area contributed by atoms with Gasteiger partial charge < -0.3 is 10.2 Å². The Hall–Kier alpha value is -1.84. The molecule has 4 heteroatoms. The number of hydrogen-bond donors (Lipinski definition) is 2. The first-order chi connectivity index (χ1) is 11.0. The molecule has 0 heterocycles. The quantitative estimate of drug-likeness (QED) is 0.476. The number of phenolic OH excluding ortho intramolecular Hbond substituents is 1. The lowest BCUT2D eigenvalue weighted by Gasteiger charge is -2.13. The number of carbonyl (C=O) groups is 2. The van der Waals surface area contributed by atoms with Crippen molar-refractivity contribution in [3.05, 3.63) is 28.8 Å². The minimum absolute atomic E-state index is 0.0925. The molecule has 1 aromatic carbocycles. The van der Waals surface area contributed by atoms with E-state index in [0.29, 0.717) is 5.56 Å². The van der Waals surface area contributed by atoms with Gasteiger partial charge in [0, 0.05) is 12.0 Å². The molecule has 0 aliphatic heterocycles. The van der Waals surface area contributed by atoms with Crippen molar-refractivity contribution in [1.29, 1.82) is 0 Å². The van der Waals surface area contributed by atoms with Gasteiger partial charge >= 0.3 is 5.97 Å². The minimum atomic E-state index is -1.45. The number of ketones is 1. The van der Waals surface area contributed by atoms with Gasteiger partial charge in [0.15, 0.2) is 0 Å². The van der Waals surface area contributed by atoms with Crippen LogP contribution >= 0.6 is 0 Å². The average Bonchev–Trinajstić information content (AvgIpc) is 2.51. The maximum atomic E-state index is 11.5. The topological polar surface area (TPSA) is 74.6 Å². The van der Waals surface area contributed by atoms with Crippen LogP contribution in [0.4, 0.5) is 0 Å². The lowest BCUT2D eigenvalue weighted by atomic mass is 9.94. The molecule has 128 valence electrons.